The Morgan fingerprint density at radius 2 is 1.72 bits per heavy atom. The lowest BCUT2D eigenvalue weighted by molar-refractivity contribution is 0.400. The molecular weight excluding hydrogens is 387 g/mol. The summed E-state index contributed by atoms with van der Waals surface area (Å²) in [6, 6.07) is 19.2. The van der Waals surface area contributed by atoms with Crippen LogP contribution in [0.3, 0.4) is 0 Å². The molecule has 150 valence electrons. The molecule has 1 heterocycles. The molecule has 0 amide bonds. The monoisotopic (exact) mass is 410 g/mol. The van der Waals surface area contributed by atoms with Gasteiger partial charge in [-0.3, -0.25) is 0 Å². The third-order valence-electron chi connectivity index (χ3n) is 5.22. The Kier molecular flexibility index (Phi) is 5.39. The van der Waals surface area contributed by atoms with Crippen LogP contribution in [0.2, 0.25) is 0 Å². The highest BCUT2D eigenvalue weighted by molar-refractivity contribution is 7.89. The lowest BCUT2D eigenvalue weighted by Gasteiger charge is -2.19. The van der Waals surface area contributed by atoms with Gasteiger partial charge in [-0.25, -0.2) is 12.8 Å². The molecule has 1 N–H and O–H groups in total. The largest absolute Gasteiger partial charge is 0.309 e. The lowest BCUT2D eigenvalue weighted by Crippen LogP contribution is -2.38. The van der Waals surface area contributed by atoms with E-state index in [1.807, 2.05) is 30.3 Å². The topological polar surface area (TPSA) is 49.4 Å². The van der Waals surface area contributed by atoms with Crippen molar-refractivity contribution in [2.45, 2.75) is 31.1 Å². The molecule has 1 aliphatic heterocycles. The molecule has 1 aliphatic rings. The number of hydrazine groups is 1. The van der Waals surface area contributed by atoms with Crippen LogP contribution in [-0.4, -0.2) is 19.4 Å². The number of hydrogen-bond acceptors (Lipinski definition) is 3. The minimum Gasteiger partial charge on any atom is -0.309 e. The summed E-state index contributed by atoms with van der Waals surface area (Å²) in [5.74, 6) is -0.345. The van der Waals surface area contributed by atoms with Crippen LogP contribution in [0.4, 0.5) is 4.39 Å². The van der Waals surface area contributed by atoms with Crippen LogP contribution in [-0.2, 0) is 10.0 Å². The molecule has 29 heavy (non-hydrogen) atoms. The summed E-state index contributed by atoms with van der Waals surface area (Å²) in [6.45, 7) is 2.16. The van der Waals surface area contributed by atoms with E-state index >= 15 is 0 Å². The van der Waals surface area contributed by atoms with Crippen molar-refractivity contribution in [3.63, 3.8) is 0 Å². The van der Waals surface area contributed by atoms with Gasteiger partial charge in [0, 0.05) is 16.6 Å². The molecule has 0 atom stereocenters. The van der Waals surface area contributed by atoms with Gasteiger partial charge in [0.25, 0.3) is 10.0 Å². The van der Waals surface area contributed by atoms with Crippen molar-refractivity contribution < 1.29 is 12.8 Å². The molecule has 0 saturated heterocycles. The van der Waals surface area contributed by atoms with Gasteiger partial charge in [0.1, 0.15) is 5.82 Å². The van der Waals surface area contributed by atoms with Crippen LogP contribution in [0.15, 0.2) is 77.3 Å². The highest BCUT2D eigenvalue weighted by Crippen LogP contribution is 2.33. The number of nitrogens with zero attached hydrogens (tertiary/aromatic N) is 1. The van der Waals surface area contributed by atoms with Gasteiger partial charge in [0.15, 0.2) is 0 Å². The second-order valence-electron chi connectivity index (χ2n) is 7.14. The number of nitrogens with one attached hydrogen (secondary N) is 1. The summed E-state index contributed by atoms with van der Waals surface area (Å²) in [5, 5.41) is 1.53. The predicted molar refractivity (Wildman–Crippen MR) is 114 cm³/mol. The van der Waals surface area contributed by atoms with E-state index in [2.05, 4.69) is 12.3 Å². The molecule has 0 radical (unpaired) electrons. The third-order valence-corrected chi connectivity index (χ3v) is 6.94. The SMILES string of the molecule is CCCCC1=C(c2ccccc2F)CN(S(=O)(=O)c2cccc3ccccc23)N1. The average molecular weight is 411 g/mol. The van der Waals surface area contributed by atoms with Crippen LogP contribution in [0.5, 0.6) is 0 Å². The number of hydrogen-bond donors (Lipinski definition) is 1. The second-order valence-corrected chi connectivity index (χ2v) is 8.97. The van der Waals surface area contributed by atoms with E-state index < -0.39 is 10.0 Å². The first-order chi connectivity index (χ1) is 14.0. The molecule has 3 aromatic carbocycles. The van der Waals surface area contributed by atoms with Crippen LogP contribution in [0.25, 0.3) is 16.3 Å². The van der Waals surface area contributed by atoms with Crippen molar-refractivity contribution in [3.05, 3.63) is 83.8 Å². The van der Waals surface area contributed by atoms with Crippen LogP contribution < -0.4 is 5.43 Å². The molecule has 4 nitrogen and oxygen atoms in total. The van der Waals surface area contributed by atoms with E-state index in [-0.39, 0.29) is 17.3 Å². The predicted octanol–water partition coefficient (Wildman–Crippen LogP) is 5.09. The van der Waals surface area contributed by atoms with Gasteiger partial charge >= 0.3 is 0 Å². The summed E-state index contributed by atoms with van der Waals surface area (Å²) < 4.78 is 42.6. The Morgan fingerprint density at radius 3 is 2.52 bits per heavy atom. The zero-order valence-electron chi connectivity index (χ0n) is 16.2. The summed E-state index contributed by atoms with van der Waals surface area (Å²) in [5.41, 5.74) is 4.97. The number of allylic oxidation sites excluding steroid dienone is 1. The van der Waals surface area contributed by atoms with Crippen LogP contribution in [0.1, 0.15) is 31.7 Å². The fourth-order valence-electron chi connectivity index (χ4n) is 3.70. The maximum absolute atomic E-state index is 14.5. The summed E-state index contributed by atoms with van der Waals surface area (Å²) in [7, 11) is -3.82. The first-order valence-corrected chi connectivity index (χ1v) is 11.2. The number of sulfonamides is 1. The number of rotatable bonds is 6. The Morgan fingerprint density at radius 1 is 1.00 bits per heavy atom. The molecule has 0 saturated carbocycles. The molecule has 0 unspecified atom stereocenters. The third kappa shape index (κ3) is 3.66. The van der Waals surface area contributed by atoms with Gasteiger partial charge < -0.3 is 5.43 Å². The molecule has 0 spiro atoms. The van der Waals surface area contributed by atoms with Crippen molar-refractivity contribution in [2.75, 3.05) is 6.54 Å². The fourth-order valence-corrected chi connectivity index (χ4v) is 5.18. The van der Waals surface area contributed by atoms with Crippen molar-refractivity contribution in [2.24, 2.45) is 0 Å². The van der Waals surface area contributed by atoms with Crippen molar-refractivity contribution >= 4 is 26.4 Å². The Hall–Kier alpha value is -2.70. The minimum absolute atomic E-state index is 0.0888. The van der Waals surface area contributed by atoms with E-state index in [4.69, 9.17) is 0 Å². The van der Waals surface area contributed by atoms with Gasteiger partial charge in [-0.15, -0.1) is 4.41 Å². The number of halogens is 1. The molecule has 0 aliphatic carbocycles. The van der Waals surface area contributed by atoms with Crippen LogP contribution in [0, 0.1) is 5.82 Å². The maximum atomic E-state index is 14.5. The van der Waals surface area contributed by atoms with Gasteiger partial charge in [0.05, 0.1) is 11.4 Å². The Labute approximate surface area is 170 Å². The van der Waals surface area contributed by atoms with Crippen molar-refractivity contribution in [1.29, 1.82) is 0 Å². The van der Waals surface area contributed by atoms with Gasteiger partial charge in [-0.1, -0.05) is 67.9 Å². The standard InChI is InChI=1S/C23H23FN2O2S/c1-2-3-14-22-20(19-12-6-7-13-21(19)24)16-26(25-22)29(27,28)23-15-8-10-17-9-4-5-11-18(17)23/h4-13,15,25H,2-3,14,16H2,1H3. The molecule has 0 aromatic heterocycles. The van der Waals surface area contributed by atoms with E-state index in [9.17, 15) is 12.8 Å². The smallest absolute Gasteiger partial charge is 0.260 e. The zero-order chi connectivity index (χ0) is 20.4. The van der Waals surface area contributed by atoms with Gasteiger partial charge in [0.2, 0.25) is 0 Å². The molecule has 6 heteroatoms. The summed E-state index contributed by atoms with van der Waals surface area (Å²) in [6.07, 6.45) is 2.52. The minimum atomic E-state index is -3.82. The van der Waals surface area contributed by atoms with E-state index in [1.54, 1.807) is 30.3 Å². The van der Waals surface area contributed by atoms with E-state index in [0.717, 1.165) is 23.9 Å². The molecule has 4 rings (SSSR count). The first-order valence-electron chi connectivity index (χ1n) is 9.76. The highest BCUT2D eigenvalue weighted by atomic mass is 32.2. The normalized spacial score (nSPS) is 15.1. The van der Waals surface area contributed by atoms with Gasteiger partial charge in [-0.05, 0) is 35.9 Å². The maximum Gasteiger partial charge on any atom is 0.260 e. The van der Waals surface area contributed by atoms with Gasteiger partial charge in [-0.2, -0.15) is 0 Å². The molecule has 0 bridgehead atoms. The zero-order valence-corrected chi connectivity index (χ0v) is 17.0. The molecule has 0 fully saturated rings. The van der Waals surface area contributed by atoms with E-state index in [0.29, 0.717) is 22.9 Å². The Bertz CT molecular complexity index is 1180. The quantitative estimate of drug-likeness (QED) is 0.616. The lowest BCUT2D eigenvalue weighted by atomic mass is 10.0. The number of fused-ring (bicyclic) bond motifs is 1. The molecular formula is C23H23FN2O2S. The van der Waals surface area contributed by atoms with E-state index in [1.165, 1.54) is 10.5 Å². The van der Waals surface area contributed by atoms with Crippen molar-refractivity contribution in [3.8, 4) is 0 Å². The summed E-state index contributed by atoms with van der Waals surface area (Å²) in [4.78, 5) is 0.243. The number of unbranched alkanes of at least 4 members (excludes halogenated alkanes) is 1. The number of benzene rings is 3. The van der Waals surface area contributed by atoms with Crippen LogP contribution >= 0.6 is 0 Å². The average Bonchev–Trinajstić information content (AvgIpc) is 3.17. The second kappa shape index (κ2) is 7.97. The van der Waals surface area contributed by atoms with Crippen molar-refractivity contribution in [1.82, 2.24) is 9.84 Å². The highest BCUT2D eigenvalue weighted by Gasteiger charge is 2.34. The molecule has 3 aromatic rings. The summed E-state index contributed by atoms with van der Waals surface area (Å²) >= 11 is 0. The fraction of sp³-hybridized carbons (Fsp3) is 0.217. The first kappa shape index (κ1) is 19.6. The Balaban J connectivity index is 1.74.